The maximum Gasteiger partial charge on any atom is 0.164 e. The number of hydrogen-bond acceptors (Lipinski definition) is 6. The molecule has 12 aromatic rings. The van der Waals surface area contributed by atoms with E-state index in [0.29, 0.717) is 17.5 Å². The lowest BCUT2D eigenvalue weighted by Gasteiger charge is -2.09. The van der Waals surface area contributed by atoms with Crippen molar-refractivity contribution in [2.24, 2.45) is 0 Å². The molecule has 0 unspecified atom stereocenters. The van der Waals surface area contributed by atoms with Crippen molar-refractivity contribution >= 4 is 75.4 Å². The van der Waals surface area contributed by atoms with Crippen LogP contribution in [-0.2, 0) is 0 Å². The molecule has 266 valence electrons. The predicted octanol–water partition coefficient (Wildman–Crippen LogP) is 14.4. The number of rotatable bonds is 5. The molecule has 0 fully saturated rings. The summed E-state index contributed by atoms with van der Waals surface area (Å²) in [6, 6.07) is 61.1. The third kappa shape index (κ3) is 5.34. The predicted molar refractivity (Wildman–Crippen MR) is 234 cm³/mol. The van der Waals surface area contributed by atoms with E-state index < -0.39 is 0 Å². The first-order chi connectivity index (χ1) is 28.2. The summed E-state index contributed by atoms with van der Waals surface area (Å²) in [6.45, 7) is 0. The number of thiophene rings is 1. The van der Waals surface area contributed by atoms with Crippen LogP contribution in [0.15, 0.2) is 185 Å². The minimum absolute atomic E-state index is 0.561. The van der Waals surface area contributed by atoms with Gasteiger partial charge in [-0.3, -0.25) is 0 Å². The van der Waals surface area contributed by atoms with E-state index >= 15 is 0 Å². The van der Waals surface area contributed by atoms with Gasteiger partial charge < -0.3 is 8.83 Å². The Hall–Kier alpha value is -7.41. The smallest absolute Gasteiger partial charge is 0.164 e. The van der Waals surface area contributed by atoms with Gasteiger partial charge in [0, 0.05) is 58.4 Å². The van der Waals surface area contributed by atoms with Crippen LogP contribution in [0.25, 0.3) is 120 Å². The Bertz CT molecular complexity index is 3530. The van der Waals surface area contributed by atoms with Crippen molar-refractivity contribution in [2.45, 2.75) is 0 Å². The number of para-hydroxylation sites is 1. The van der Waals surface area contributed by atoms with Crippen molar-refractivity contribution in [3.8, 4) is 56.4 Å². The monoisotopic (exact) mass is 747 g/mol. The van der Waals surface area contributed by atoms with Crippen molar-refractivity contribution in [1.82, 2.24) is 15.0 Å². The fraction of sp³-hybridized carbons (Fsp3) is 0. The van der Waals surface area contributed by atoms with Gasteiger partial charge in [-0.05, 0) is 76.9 Å². The van der Waals surface area contributed by atoms with Gasteiger partial charge in [0.05, 0.1) is 0 Å². The molecule has 0 saturated carbocycles. The highest BCUT2D eigenvalue weighted by atomic mass is 32.1. The summed E-state index contributed by atoms with van der Waals surface area (Å²) in [5, 5.41) is 6.84. The van der Waals surface area contributed by atoms with Crippen LogP contribution >= 0.6 is 11.3 Å². The fourth-order valence-corrected chi connectivity index (χ4v) is 9.22. The van der Waals surface area contributed by atoms with Gasteiger partial charge in [0.15, 0.2) is 17.5 Å². The molecule has 0 spiro atoms. The second-order valence-corrected chi connectivity index (χ2v) is 15.5. The lowest BCUT2D eigenvalue weighted by molar-refractivity contribution is 0.669. The maximum absolute atomic E-state index is 6.50. The molecule has 4 aromatic heterocycles. The zero-order chi connectivity index (χ0) is 37.5. The summed E-state index contributed by atoms with van der Waals surface area (Å²) in [4.78, 5) is 15.3. The Labute approximate surface area is 330 Å². The summed E-state index contributed by atoms with van der Waals surface area (Å²) >= 11 is 1.83. The molecule has 0 atom stereocenters. The van der Waals surface area contributed by atoms with E-state index in [4.69, 9.17) is 23.8 Å². The zero-order valence-electron chi connectivity index (χ0n) is 30.3. The van der Waals surface area contributed by atoms with E-state index in [2.05, 4.69) is 140 Å². The molecule has 12 rings (SSSR count). The van der Waals surface area contributed by atoms with Crippen LogP contribution in [0, 0.1) is 0 Å². The Balaban J connectivity index is 0.969. The first-order valence-corrected chi connectivity index (χ1v) is 19.7. The van der Waals surface area contributed by atoms with Gasteiger partial charge in [0.2, 0.25) is 0 Å². The fourth-order valence-electron chi connectivity index (χ4n) is 8.07. The Morgan fingerprint density at radius 3 is 1.39 bits per heavy atom. The highest BCUT2D eigenvalue weighted by molar-refractivity contribution is 7.25. The van der Waals surface area contributed by atoms with Crippen LogP contribution in [0.5, 0.6) is 0 Å². The van der Waals surface area contributed by atoms with Crippen molar-refractivity contribution in [1.29, 1.82) is 0 Å². The molecule has 0 amide bonds. The summed E-state index contributed by atoms with van der Waals surface area (Å²) < 4.78 is 15.4. The second kappa shape index (κ2) is 12.6. The minimum Gasteiger partial charge on any atom is -0.456 e. The standard InChI is InChI=1S/C51H29N3O2S/c1-2-8-30(9-3-1)33-18-22-39-40-24-21-36(28-46(40)56-44(39)26-33)51-53-49(52-50(54-51)35-20-23-38-37-10-4-6-12-43(37)55-45(38)27-35)32-16-14-31(15-17-32)34-19-25-42-41-11-5-7-13-47(41)57-48(42)29-34/h1-29H. The van der Waals surface area contributed by atoms with Crippen molar-refractivity contribution in [3.05, 3.63) is 176 Å². The van der Waals surface area contributed by atoms with E-state index in [-0.39, 0.29) is 0 Å². The molecule has 5 nitrogen and oxygen atoms in total. The number of fused-ring (bicyclic) bond motifs is 9. The Kier molecular flexibility index (Phi) is 7.03. The van der Waals surface area contributed by atoms with E-state index in [1.807, 2.05) is 47.7 Å². The molecule has 0 bridgehead atoms. The molecule has 4 heterocycles. The van der Waals surface area contributed by atoms with Crippen molar-refractivity contribution in [3.63, 3.8) is 0 Å². The number of aromatic nitrogens is 3. The van der Waals surface area contributed by atoms with Gasteiger partial charge in [0.25, 0.3) is 0 Å². The first-order valence-electron chi connectivity index (χ1n) is 18.9. The van der Waals surface area contributed by atoms with E-state index in [9.17, 15) is 0 Å². The normalized spacial score (nSPS) is 11.9. The second-order valence-electron chi connectivity index (χ2n) is 14.4. The molecule has 0 saturated heterocycles. The molecule has 6 heteroatoms. The van der Waals surface area contributed by atoms with E-state index in [1.54, 1.807) is 0 Å². The highest BCUT2D eigenvalue weighted by Gasteiger charge is 2.17. The van der Waals surface area contributed by atoms with Gasteiger partial charge in [-0.1, -0.05) is 121 Å². The number of nitrogens with zero attached hydrogens (tertiary/aromatic N) is 3. The maximum atomic E-state index is 6.50. The van der Waals surface area contributed by atoms with Gasteiger partial charge in [-0.25, -0.2) is 15.0 Å². The number of furan rings is 2. The third-order valence-corrected chi connectivity index (χ3v) is 12.1. The number of benzene rings is 8. The SMILES string of the molecule is c1ccc(-c2ccc3c(c2)oc2cc(-c4nc(-c5ccc(-c6ccc7c(c6)sc6ccccc67)cc5)nc(-c5ccc6c(c5)oc5ccccc56)n4)ccc23)cc1. The molecule has 8 aromatic carbocycles. The molecular weight excluding hydrogens is 719 g/mol. The quantitative estimate of drug-likeness (QED) is 0.175. The Morgan fingerprint density at radius 1 is 0.281 bits per heavy atom. The molecular formula is C51H29N3O2S. The topological polar surface area (TPSA) is 65.0 Å². The summed E-state index contributed by atoms with van der Waals surface area (Å²) in [6.07, 6.45) is 0. The van der Waals surface area contributed by atoms with Gasteiger partial charge in [0.1, 0.15) is 22.3 Å². The summed E-state index contributed by atoms with van der Waals surface area (Å²) in [5.74, 6) is 1.71. The molecule has 0 aliphatic carbocycles. The van der Waals surface area contributed by atoms with Crippen LogP contribution in [0.4, 0.5) is 0 Å². The molecule has 57 heavy (non-hydrogen) atoms. The van der Waals surface area contributed by atoms with Crippen LogP contribution in [0.1, 0.15) is 0 Å². The van der Waals surface area contributed by atoms with Crippen LogP contribution in [0.2, 0.25) is 0 Å². The van der Waals surface area contributed by atoms with Crippen LogP contribution in [0.3, 0.4) is 0 Å². The van der Waals surface area contributed by atoms with Crippen LogP contribution in [-0.4, -0.2) is 15.0 Å². The summed E-state index contributed by atoms with van der Waals surface area (Å²) in [7, 11) is 0. The molecule has 0 aliphatic heterocycles. The first kappa shape index (κ1) is 31.9. The van der Waals surface area contributed by atoms with Crippen molar-refractivity contribution in [2.75, 3.05) is 0 Å². The van der Waals surface area contributed by atoms with E-state index in [0.717, 1.165) is 77.3 Å². The van der Waals surface area contributed by atoms with Gasteiger partial charge in [-0.2, -0.15) is 0 Å². The average molecular weight is 748 g/mol. The van der Waals surface area contributed by atoms with Crippen LogP contribution < -0.4 is 0 Å². The molecule has 0 aliphatic rings. The van der Waals surface area contributed by atoms with Gasteiger partial charge in [-0.15, -0.1) is 11.3 Å². The zero-order valence-corrected chi connectivity index (χ0v) is 31.1. The highest BCUT2D eigenvalue weighted by Crippen LogP contribution is 2.38. The minimum atomic E-state index is 0.561. The molecule has 0 radical (unpaired) electrons. The van der Waals surface area contributed by atoms with Crippen molar-refractivity contribution < 1.29 is 8.83 Å². The lowest BCUT2D eigenvalue weighted by Crippen LogP contribution is -2.00. The lowest BCUT2D eigenvalue weighted by atomic mass is 10.0. The van der Waals surface area contributed by atoms with E-state index in [1.165, 1.54) is 25.7 Å². The molecule has 0 N–H and O–H groups in total. The average Bonchev–Trinajstić information content (AvgIpc) is 3.96. The third-order valence-electron chi connectivity index (χ3n) is 11.0. The largest absolute Gasteiger partial charge is 0.456 e. The summed E-state index contributed by atoms with van der Waals surface area (Å²) in [5.41, 5.74) is 10.4. The number of hydrogen-bond donors (Lipinski definition) is 0. The Morgan fingerprint density at radius 2 is 0.702 bits per heavy atom. The van der Waals surface area contributed by atoms with Gasteiger partial charge >= 0.3 is 0 Å².